The summed E-state index contributed by atoms with van der Waals surface area (Å²) in [5.41, 5.74) is 3.08. The minimum Gasteiger partial charge on any atom is -0.505 e. The number of imidazole rings is 1. The number of anilines is 1. The molecule has 11 heteroatoms. The third-order valence-electron chi connectivity index (χ3n) is 6.34. The van der Waals surface area contributed by atoms with Crippen molar-refractivity contribution in [2.24, 2.45) is 0 Å². The van der Waals surface area contributed by atoms with Gasteiger partial charge < -0.3 is 5.11 Å². The second-order valence-corrected chi connectivity index (χ2v) is 11.4. The zero-order valence-corrected chi connectivity index (χ0v) is 22.9. The van der Waals surface area contributed by atoms with Gasteiger partial charge in [0.1, 0.15) is 11.3 Å². The van der Waals surface area contributed by atoms with Gasteiger partial charge in [0.25, 0.3) is 5.78 Å². The highest BCUT2D eigenvalue weighted by Gasteiger charge is 2.49. The Labute approximate surface area is 236 Å². The number of aliphatic hydroxyl groups is 1. The van der Waals surface area contributed by atoms with Gasteiger partial charge in [0, 0.05) is 17.0 Å². The van der Waals surface area contributed by atoms with Gasteiger partial charge in [0.15, 0.2) is 10.1 Å². The van der Waals surface area contributed by atoms with Crippen LogP contribution in [0.1, 0.15) is 28.6 Å². The van der Waals surface area contributed by atoms with Gasteiger partial charge in [-0.05, 0) is 42.3 Å². The van der Waals surface area contributed by atoms with E-state index in [-0.39, 0.29) is 16.5 Å². The van der Waals surface area contributed by atoms with E-state index in [9.17, 15) is 14.7 Å². The molecule has 3 aromatic heterocycles. The van der Waals surface area contributed by atoms with Gasteiger partial charge in [0.05, 0.1) is 17.3 Å². The number of thioether (sulfide) groups is 1. The van der Waals surface area contributed by atoms with Crippen LogP contribution in [-0.4, -0.2) is 36.4 Å². The number of hydrogen-bond donors (Lipinski definition) is 1. The number of hydrogen-bond acceptors (Lipinski definition) is 8. The number of amides is 1. The minimum atomic E-state index is -0.961. The highest BCUT2D eigenvalue weighted by atomic mass is 35.5. The van der Waals surface area contributed by atoms with E-state index < -0.39 is 17.7 Å². The average molecular weight is 574 g/mol. The monoisotopic (exact) mass is 573 g/mol. The summed E-state index contributed by atoms with van der Waals surface area (Å²) < 4.78 is 2.34. The second kappa shape index (κ2) is 10.3. The van der Waals surface area contributed by atoms with E-state index in [2.05, 4.69) is 15.2 Å². The molecule has 5 aromatic rings. The number of fused-ring (bicyclic) bond motifs is 1. The lowest BCUT2D eigenvalue weighted by atomic mass is 9.96. The predicted molar refractivity (Wildman–Crippen MR) is 152 cm³/mol. The number of aliphatic hydroxyl groups excluding tert-OH is 1. The number of aromatic nitrogens is 4. The summed E-state index contributed by atoms with van der Waals surface area (Å²) in [6, 6.07) is 21.3. The van der Waals surface area contributed by atoms with Crippen LogP contribution in [0.2, 0.25) is 5.02 Å². The van der Waals surface area contributed by atoms with Gasteiger partial charge in [-0.25, -0.2) is 4.98 Å². The number of Topliss-reactive ketones (excluding diaryl/α,β-unsaturated/α-hetero) is 1. The zero-order chi connectivity index (χ0) is 27.1. The topological polar surface area (TPSA) is 101 Å². The summed E-state index contributed by atoms with van der Waals surface area (Å²) in [5, 5.41) is 20.8. The van der Waals surface area contributed by atoms with Gasteiger partial charge in [-0.15, -0.1) is 10.2 Å². The molecule has 194 valence electrons. The molecule has 0 spiro atoms. The molecule has 0 aliphatic carbocycles. The van der Waals surface area contributed by atoms with Gasteiger partial charge in [-0.3, -0.25) is 18.9 Å². The lowest BCUT2D eigenvalue weighted by molar-refractivity contribution is -0.132. The van der Waals surface area contributed by atoms with Crippen molar-refractivity contribution in [3.05, 3.63) is 112 Å². The quantitative estimate of drug-likeness (QED) is 0.0865. The molecule has 1 atom stereocenters. The number of carbonyl (C=O) groups is 2. The molecule has 1 unspecified atom stereocenters. The van der Waals surface area contributed by atoms with Crippen LogP contribution in [0.15, 0.2) is 88.9 Å². The van der Waals surface area contributed by atoms with Crippen molar-refractivity contribution in [1.29, 1.82) is 0 Å². The summed E-state index contributed by atoms with van der Waals surface area (Å²) in [6.45, 7) is 1.74. The van der Waals surface area contributed by atoms with Crippen molar-refractivity contribution in [3.8, 4) is 0 Å². The third kappa shape index (κ3) is 4.60. The molecule has 2 aromatic carbocycles. The third-order valence-corrected chi connectivity index (χ3v) is 8.71. The summed E-state index contributed by atoms with van der Waals surface area (Å²) in [7, 11) is 0. The molecule has 1 amide bonds. The molecular formula is C28H20ClN5O3S2. The van der Waals surface area contributed by atoms with E-state index in [0.717, 1.165) is 5.56 Å². The summed E-state index contributed by atoms with van der Waals surface area (Å²) in [6.07, 6.45) is 1.75. The molecule has 0 bridgehead atoms. The molecule has 1 aliphatic rings. The first-order valence-electron chi connectivity index (χ1n) is 11.9. The Morgan fingerprint density at radius 2 is 1.85 bits per heavy atom. The fraction of sp³-hybridized carbons (Fsp3) is 0.107. The van der Waals surface area contributed by atoms with Crippen LogP contribution in [0.3, 0.4) is 0 Å². The summed E-state index contributed by atoms with van der Waals surface area (Å²) in [4.78, 5) is 32.8. The molecule has 0 radical (unpaired) electrons. The standard InChI is InChI=1S/C28H20ClN5O3S2/c1-16-22(33-13-6-5-12-20(33)30-16)24(35)21-23(18-10-7-11-19(29)14-18)34(26(37)25(21)36)27-31-32-28(39-27)38-15-17-8-3-2-4-9-17/h2-14,23,35H,15H2,1H3/b24-21+. The van der Waals surface area contributed by atoms with E-state index in [4.69, 9.17) is 11.6 Å². The van der Waals surface area contributed by atoms with Crippen molar-refractivity contribution in [3.63, 3.8) is 0 Å². The Morgan fingerprint density at radius 1 is 1.05 bits per heavy atom. The number of ketones is 1. The average Bonchev–Trinajstić information content (AvgIpc) is 3.61. The summed E-state index contributed by atoms with van der Waals surface area (Å²) in [5.74, 6) is -1.26. The van der Waals surface area contributed by atoms with E-state index in [1.807, 2.05) is 36.4 Å². The van der Waals surface area contributed by atoms with Crippen LogP contribution < -0.4 is 4.90 Å². The maximum Gasteiger partial charge on any atom is 0.301 e. The molecular weight excluding hydrogens is 554 g/mol. The van der Waals surface area contributed by atoms with Gasteiger partial charge in [-0.2, -0.15) is 0 Å². The number of aryl methyl sites for hydroxylation is 1. The largest absolute Gasteiger partial charge is 0.505 e. The molecule has 0 saturated carbocycles. The molecule has 1 N–H and O–H groups in total. The van der Waals surface area contributed by atoms with Crippen molar-refractivity contribution in [1.82, 2.24) is 19.6 Å². The first kappa shape index (κ1) is 25.3. The number of rotatable bonds is 6. The Balaban J connectivity index is 1.46. The van der Waals surface area contributed by atoms with Crippen LogP contribution in [-0.2, 0) is 15.3 Å². The van der Waals surface area contributed by atoms with Crippen LogP contribution in [0.25, 0.3) is 11.4 Å². The van der Waals surface area contributed by atoms with E-state index in [1.165, 1.54) is 28.0 Å². The van der Waals surface area contributed by atoms with Crippen LogP contribution in [0.4, 0.5) is 5.13 Å². The molecule has 4 heterocycles. The van der Waals surface area contributed by atoms with E-state index in [1.54, 1.807) is 53.9 Å². The molecule has 1 aliphatic heterocycles. The second-order valence-electron chi connectivity index (χ2n) is 8.82. The van der Waals surface area contributed by atoms with Crippen LogP contribution in [0, 0.1) is 6.92 Å². The highest BCUT2D eigenvalue weighted by Crippen LogP contribution is 2.44. The molecule has 1 saturated heterocycles. The van der Waals surface area contributed by atoms with E-state index >= 15 is 0 Å². The molecule has 1 fully saturated rings. The maximum atomic E-state index is 13.5. The SMILES string of the molecule is Cc1nc2ccccn2c1/C(O)=C1\C(=O)C(=O)N(c2nnc(SCc3ccccc3)s2)C1c1cccc(Cl)c1. The Morgan fingerprint density at radius 3 is 2.64 bits per heavy atom. The van der Waals surface area contributed by atoms with Gasteiger partial charge >= 0.3 is 5.91 Å². The smallest absolute Gasteiger partial charge is 0.301 e. The normalized spacial score (nSPS) is 16.9. The molecule has 6 rings (SSSR count). The van der Waals surface area contributed by atoms with Crippen LogP contribution in [0.5, 0.6) is 0 Å². The Kier molecular flexibility index (Phi) is 6.68. The number of benzene rings is 2. The van der Waals surface area contributed by atoms with Gasteiger partial charge in [0.2, 0.25) is 5.13 Å². The number of nitrogens with zero attached hydrogens (tertiary/aromatic N) is 5. The highest BCUT2D eigenvalue weighted by molar-refractivity contribution is 8.00. The van der Waals surface area contributed by atoms with Crippen molar-refractivity contribution in [2.45, 2.75) is 23.1 Å². The Hall–Kier alpha value is -3.99. The fourth-order valence-corrected chi connectivity index (χ4v) is 6.65. The van der Waals surface area contributed by atoms with Crippen LogP contribution >= 0.6 is 34.7 Å². The lowest BCUT2D eigenvalue weighted by Crippen LogP contribution is -2.29. The maximum absolute atomic E-state index is 13.5. The first-order valence-corrected chi connectivity index (χ1v) is 14.1. The van der Waals surface area contributed by atoms with Gasteiger partial charge in [-0.1, -0.05) is 83.2 Å². The lowest BCUT2D eigenvalue weighted by Gasteiger charge is -2.22. The predicted octanol–water partition coefficient (Wildman–Crippen LogP) is 6.07. The number of halogens is 1. The first-order chi connectivity index (χ1) is 18.9. The summed E-state index contributed by atoms with van der Waals surface area (Å²) >= 11 is 9.02. The van der Waals surface area contributed by atoms with E-state index in [0.29, 0.717) is 37.7 Å². The minimum absolute atomic E-state index is 0.0651. The van der Waals surface area contributed by atoms with Crippen molar-refractivity contribution < 1.29 is 14.7 Å². The number of carbonyl (C=O) groups excluding carboxylic acids is 2. The molecule has 39 heavy (non-hydrogen) atoms. The number of pyridine rings is 1. The fourth-order valence-electron chi connectivity index (χ4n) is 4.63. The zero-order valence-electron chi connectivity index (χ0n) is 20.5. The van der Waals surface area contributed by atoms with Crippen molar-refractivity contribution >= 4 is 62.9 Å². The van der Waals surface area contributed by atoms with Crippen molar-refractivity contribution in [2.75, 3.05) is 4.90 Å². The molecule has 8 nitrogen and oxygen atoms in total. The Bertz CT molecular complexity index is 1770.